The number of hydrogen-bond donors (Lipinski definition) is 2. The third kappa shape index (κ3) is 2.61. The molecule has 2 N–H and O–H groups in total. The van der Waals surface area contributed by atoms with E-state index < -0.39 is 0 Å². The number of aliphatic hydroxyl groups is 1. The lowest BCUT2D eigenvalue weighted by Crippen LogP contribution is -2.46. The van der Waals surface area contributed by atoms with Gasteiger partial charge < -0.3 is 10.4 Å². The number of nitrogens with zero attached hydrogens (tertiary/aromatic N) is 1. The molecular weight excluding hydrogens is 200 g/mol. The number of piperazine rings is 1. The summed E-state index contributed by atoms with van der Waals surface area (Å²) in [5.74, 6) is 0. The maximum Gasteiger partial charge on any atom is 0.0628 e. The first-order chi connectivity index (χ1) is 7.81. The first-order valence-corrected chi connectivity index (χ1v) is 5.93. The fourth-order valence-electron chi connectivity index (χ4n) is 2.30. The summed E-state index contributed by atoms with van der Waals surface area (Å²) in [7, 11) is 0. The quantitative estimate of drug-likeness (QED) is 0.795. The van der Waals surface area contributed by atoms with Gasteiger partial charge in [0.05, 0.1) is 12.6 Å². The summed E-state index contributed by atoms with van der Waals surface area (Å²) in [4.78, 5) is 2.35. The summed E-state index contributed by atoms with van der Waals surface area (Å²) in [6.45, 7) is 6.35. The van der Waals surface area contributed by atoms with Gasteiger partial charge >= 0.3 is 0 Å². The lowest BCUT2D eigenvalue weighted by molar-refractivity contribution is 0.111. The second-order valence-corrected chi connectivity index (χ2v) is 4.40. The molecule has 0 aromatic heterocycles. The number of aryl methyl sites for hydroxylation is 1. The Morgan fingerprint density at radius 3 is 2.75 bits per heavy atom. The zero-order valence-corrected chi connectivity index (χ0v) is 9.82. The van der Waals surface area contributed by atoms with Crippen LogP contribution >= 0.6 is 0 Å². The van der Waals surface area contributed by atoms with E-state index in [0.29, 0.717) is 0 Å². The van der Waals surface area contributed by atoms with E-state index in [-0.39, 0.29) is 12.6 Å². The van der Waals surface area contributed by atoms with Crippen LogP contribution in [0.15, 0.2) is 24.3 Å². The number of benzene rings is 1. The second-order valence-electron chi connectivity index (χ2n) is 4.40. The lowest BCUT2D eigenvalue weighted by Gasteiger charge is -2.34. The van der Waals surface area contributed by atoms with Crippen molar-refractivity contribution in [2.24, 2.45) is 0 Å². The lowest BCUT2D eigenvalue weighted by atomic mass is 10.0. The SMILES string of the molecule is Cc1cccc([C@@H](CO)N2CCNCC2)c1. The maximum atomic E-state index is 9.56. The fraction of sp³-hybridized carbons (Fsp3) is 0.538. The zero-order valence-electron chi connectivity index (χ0n) is 9.82. The van der Waals surface area contributed by atoms with Gasteiger partial charge in [-0.15, -0.1) is 0 Å². The van der Waals surface area contributed by atoms with Crippen molar-refractivity contribution >= 4 is 0 Å². The van der Waals surface area contributed by atoms with Crippen LogP contribution in [0.1, 0.15) is 17.2 Å². The highest BCUT2D eigenvalue weighted by atomic mass is 16.3. The van der Waals surface area contributed by atoms with Gasteiger partial charge in [-0.3, -0.25) is 4.90 Å². The summed E-state index contributed by atoms with van der Waals surface area (Å²) < 4.78 is 0. The number of aliphatic hydroxyl groups excluding tert-OH is 1. The maximum absolute atomic E-state index is 9.56. The molecule has 0 radical (unpaired) electrons. The standard InChI is InChI=1S/C13H20N2O/c1-11-3-2-4-12(9-11)13(10-16)15-7-5-14-6-8-15/h2-4,9,13-14,16H,5-8,10H2,1H3/t13-/m1/s1. The average molecular weight is 220 g/mol. The molecule has 0 saturated carbocycles. The molecule has 0 aliphatic carbocycles. The van der Waals surface area contributed by atoms with E-state index in [1.807, 2.05) is 0 Å². The third-order valence-electron chi connectivity index (χ3n) is 3.19. The van der Waals surface area contributed by atoms with Crippen LogP contribution < -0.4 is 5.32 Å². The van der Waals surface area contributed by atoms with Crippen molar-refractivity contribution in [3.05, 3.63) is 35.4 Å². The van der Waals surface area contributed by atoms with Gasteiger partial charge in [0.2, 0.25) is 0 Å². The van der Waals surface area contributed by atoms with Gasteiger partial charge in [-0.05, 0) is 12.5 Å². The molecule has 0 bridgehead atoms. The molecule has 88 valence electrons. The Morgan fingerprint density at radius 1 is 1.38 bits per heavy atom. The Hall–Kier alpha value is -0.900. The topological polar surface area (TPSA) is 35.5 Å². The monoisotopic (exact) mass is 220 g/mol. The molecule has 0 amide bonds. The molecule has 3 nitrogen and oxygen atoms in total. The highest BCUT2D eigenvalue weighted by molar-refractivity contribution is 5.25. The van der Waals surface area contributed by atoms with Gasteiger partial charge in [-0.2, -0.15) is 0 Å². The number of rotatable bonds is 3. The number of hydrogen-bond acceptors (Lipinski definition) is 3. The van der Waals surface area contributed by atoms with E-state index in [9.17, 15) is 5.11 Å². The van der Waals surface area contributed by atoms with Crippen molar-refractivity contribution in [1.29, 1.82) is 0 Å². The predicted molar refractivity (Wildman–Crippen MR) is 65.4 cm³/mol. The van der Waals surface area contributed by atoms with Crippen molar-refractivity contribution in [2.45, 2.75) is 13.0 Å². The van der Waals surface area contributed by atoms with E-state index in [0.717, 1.165) is 26.2 Å². The highest BCUT2D eigenvalue weighted by Crippen LogP contribution is 2.21. The molecule has 1 aliphatic heterocycles. The Morgan fingerprint density at radius 2 is 2.12 bits per heavy atom. The fourth-order valence-corrected chi connectivity index (χ4v) is 2.30. The van der Waals surface area contributed by atoms with Crippen molar-refractivity contribution in [2.75, 3.05) is 32.8 Å². The van der Waals surface area contributed by atoms with Crippen molar-refractivity contribution < 1.29 is 5.11 Å². The van der Waals surface area contributed by atoms with Crippen molar-refractivity contribution in [1.82, 2.24) is 10.2 Å². The van der Waals surface area contributed by atoms with Crippen LogP contribution in [0, 0.1) is 6.92 Å². The smallest absolute Gasteiger partial charge is 0.0628 e. The van der Waals surface area contributed by atoms with Gasteiger partial charge in [-0.25, -0.2) is 0 Å². The van der Waals surface area contributed by atoms with Crippen LogP contribution in [0.5, 0.6) is 0 Å². The summed E-state index contributed by atoms with van der Waals surface area (Å²) >= 11 is 0. The zero-order chi connectivity index (χ0) is 11.4. The Labute approximate surface area is 97.1 Å². The van der Waals surface area contributed by atoms with Crippen LogP contribution in [0.4, 0.5) is 0 Å². The summed E-state index contributed by atoms with van der Waals surface area (Å²) in [5.41, 5.74) is 2.48. The summed E-state index contributed by atoms with van der Waals surface area (Å²) in [5, 5.41) is 12.9. The first kappa shape index (κ1) is 11.6. The van der Waals surface area contributed by atoms with E-state index in [2.05, 4.69) is 41.4 Å². The molecule has 1 fully saturated rings. The van der Waals surface area contributed by atoms with Crippen LogP contribution in [-0.2, 0) is 0 Å². The van der Waals surface area contributed by atoms with Crippen LogP contribution in [0.2, 0.25) is 0 Å². The van der Waals surface area contributed by atoms with Crippen molar-refractivity contribution in [3.8, 4) is 0 Å². The van der Waals surface area contributed by atoms with E-state index in [1.165, 1.54) is 11.1 Å². The van der Waals surface area contributed by atoms with Crippen LogP contribution in [-0.4, -0.2) is 42.8 Å². The first-order valence-electron chi connectivity index (χ1n) is 5.93. The molecule has 1 aromatic rings. The summed E-state index contributed by atoms with van der Waals surface area (Å²) in [6, 6.07) is 8.59. The van der Waals surface area contributed by atoms with Crippen molar-refractivity contribution in [3.63, 3.8) is 0 Å². The molecule has 1 aromatic carbocycles. The largest absolute Gasteiger partial charge is 0.394 e. The van der Waals surface area contributed by atoms with Crippen LogP contribution in [0.25, 0.3) is 0 Å². The Balaban J connectivity index is 2.14. The molecular formula is C13H20N2O. The Bertz CT molecular complexity index is 334. The molecule has 2 rings (SSSR count). The van der Waals surface area contributed by atoms with Gasteiger partial charge in [0.15, 0.2) is 0 Å². The predicted octanol–water partition coefficient (Wildman–Crippen LogP) is 0.934. The minimum Gasteiger partial charge on any atom is -0.394 e. The van der Waals surface area contributed by atoms with E-state index in [4.69, 9.17) is 0 Å². The highest BCUT2D eigenvalue weighted by Gasteiger charge is 2.21. The summed E-state index contributed by atoms with van der Waals surface area (Å²) in [6.07, 6.45) is 0. The van der Waals surface area contributed by atoms with E-state index in [1.54, 1.807) is 0 Å². The van der Waals surface area contributed by atoms with Gasteiger partial charge in [0.25, 0.3) is 0 Å². The molecule has 0 unspecified atom stereocenters. The molecule has 16 heavy (non-hydrogen) atoms. The molecule has 1 atom stereocenters. The molecule has 3 heteroatoms. The minimum atomic E-state index is 0.155. The normalized spacial score (nSPS) is 19.6. The van der Waals surface area contributed by atoms with Gasteiger partial charge in [0, 0.05) is 26.2 Å². The van der Waals surface area contributed by atoms with E-state index >= 15 is 0 Å². The second kappa shape index (κ2) is 5.43. The minimum absolute atomic E-state index is 0.155. The Kier molecular flexibility index (Phi) is 3.93. The average Bonchev–Trinajstić information content (AvgIpc) is 2.31. The number of nitrogens with one attached hydrogen (secondary N) is 1. The van der Waals surface area contributed by atoms with Gasteiger partial charge in [0.1, 0.15) is 0 Å². The molecule has 1 saturated heterocycles. The van der Waals surface area contributed by atoms with Crippen LogP contribution in [0.3, 0.4) is 0 Å². The van der Waals surface area contributed by atoms with Gasteiger partial charge in [-0.1, -0.05) is 29.8 Å². The molecule has 1 aliphatic rings. The molecule has 1 heterocycles. The molecule has 0 spiro atoms. The third-order valence-corrected chi connectivity index (χ3v) is 3.19.